The molecule has 0 N–H and O–H groups in total. The highest BCUT2D eigenvalue weighted by atomic mass is 35.5. The molecule has 0 saturated carbocycles. The smallest absolute Gasteiger partial charge is 0.433 e. The Balaban J connectivity index is 1.66. The zero-order valence-electron chi connectivity index (χ0n) is 21.6. The minimum atomic E-state index is -4.69. The van der Waals surface area contributed by atoms with Gasteiger partial charge in [0.25, 0.3) is 0 Å². The molecule has 13 heteroatoms. The van der Waals surface area contributed by atoms with Gasteiger partial charge in [-0.05, 0) is 59.1 Å². The van der Waals surface area contributed by atoms with Crippen molar-refractivity contribution in [1.82, 2.24) is 24.6 Å². The summed E-state index contributed by atoms with van der Waals surface area (Å²) < 4.78 is 55.5. The maximum absolute atomic E-state index is 14.5. The number of hydrogen-bond acceptors (Lipinski definition) is 7. The van der Waals surface area contributed by atoms with E-state index in [0.29, 0.717) is 38.4 Å². The standard InChI is InChI=1S/C24H32ClF3N6O3/c1-14-13-36-11-10-33(14)18-12-17(29-21(25)30-18)19-15(2)31-34(20(19)24(26,27)28)16-6-8-32(9-7-16)22(35)37-23(3,4)5/h12,14,16H,6-11,13H2,1-5H3/t14-/m1/s1. The monoisotopic (exact) mass is 544 g/mol. The van der Waals surface area contributed by atoms with E-state index in [2.05, 4.69) is 15.1 Å². The number of carbonyl (C=O) groups excluding carboxylic acids is 1. The maximum atomic E-state index is 14.5. The van der Waals surface area contributed by atoms with Gasteiger partial charge in [-0.2, -0.15) is 18.3 Å². The van der Waals surface area contributed by atoms with Crippen molar-refractivity contribution >= 4 is 23.5 Å². The van der Waals surface area contributed by atoms with E-state index in [1.54, 1.807) is 20.8 Å². The van der Waals surface area contributed by atoms with Crippen LogP contribution in [0.15, 0.2) is 6.07 Å². The Kier molecular flexibility index (Phi) is 7.62. The van der Waals surface area contributed by atoms with Crippen LogP contribution in [0.25, 0.3) is 11.3 Å². The van der Waals surface area contributed by atoms with Gasteiger partial charge >= 0.3 is 12.3 Å². The van der Waals surface area contributed by atoms with Gasteiger partial charge in [0.05, 0.1) is 42.2 Å². The number of carbonyl (C=O) groups is 1. The molecular formula is C24H32ClF3N6O3. The van der Waals surface area contributed by atoms with Crippen molar-refractivity contribution in [2.75, 3.05) is 37.7 Å². The van der Waals surface area contributed by atoms with Gasteiger partial charge in [-0.3, -0.25) is 4.68 Å². The fourth-order valence-electron chi connectivity index (χ4n) is 4.76. The van der Waals surface area contributed by atoms with E-state index >= 15 is 0 Å². The number of hydrogen-bond donors (Lipinski definition) is 0. The highest BCUT2D eigenvalue weighted by Crippen LogP contribution is 2.42. The predicted octanol–water partition coefficient (Wildman–Crippen LogP) is 5.12. The van der Waals surface area contributed by atoms with Crippen LogP contribution in [0.1, 0.15) is 58.0 Å². The van der Waals surface area contributed by atoms with Crippen LogP contribution in [-0.4, -0.2) is 75.2 Å². The van der Waals surface area contributed by atoms with Gasteiger partial charge in [0, 0.05) is 25.7 Å². The molecular weight excluding hydrogens is 513 g/mol. The van der Waals surface area contributed by atoms with Crippen LogP contribution >= 0.6 is 11.6 Å². The summed E-state index contributed by atoms with van der Waals surface area (Å²) in [6.07, 6.45) is -4.55. The van der Waals surface area contributed by atoms with Gasteiger partial charge in [-0.15, -0.1) is 0 Å². The lowest BCUT2D eigenvalue weighted by molar-refractivity contribution is -0.144. The van der Waals surface area contributed by atoms with E-state index < -0.39 is 29.6 Å². The van der Waals surface area contributed by atoms with E-state index in [1.165, 1.54) is 17.9 Å². The number of halogens is 4. The van der Waals surface area contributed by atoms with Crippen LogP contribution in [0.3, 0.4) is 0 Å². The number of ether oxygens (including phenoxy) is 2. The quantitative estimate of drug-likeness (QED) is 0.496. The van der Waals surface area contributed by atoms with Crippen LogP contribution < -0.4 is 4.90 Å². The third-order valence-electron chi connectivity index (χ3n) is 6.42. The fourth-order valence-corrected chi connectivity index (χ4v) is 4.94. The van der Waals surface area contributed by atoms with Gasteiger partial charge < -0.3 is 19.3 Å². The van der Waals surface area contributed by atoms with Gasteiger partial charge in [-0.25, -0.2) is 14.8 Å². The largest absolute Gasteiger partial charge is 0.444 e. The summed E-state index contributed by atoms with van der Waals surface area (Å²) in [5.74, 6) is 0.441. The number of morpholine rings is 1. The number of nitrogens with zero attached hydrogens (tertiary/aromatic N) is 6. The Bertz CT molecular complexity index is 1140. The number of piperidine rings is 1. The zero-order chi connectivity index (χ0) is 27.1. The van der Waals surface area contributed by atoms with Gasteiger partial charge in [0.15, 0.2) is 5.69 Å². The van der Waals surface area contributed by atoms with Gasteiger partial charge in [-0.1, -0.05) is 0 Å². The minimum absolute atomic E-state index is 0.0198. The molecule has 0 aromatic carbocycles. The first kappa shape index (κ1) is 27.4. The van der Waals surface area contributed by atoms with E-state index in [9.17, 15) is 18.0 Å². The average Bonchev–Trinajstić information content (AvgIpc) is 3.15. The lowest BCUT2D eigenvalue weighted by Gasteiger charge is -2.34. The molecule has 2 aromatic rings. The zero-order valence-corrected chi connectivity index (χ0v) is 22.4. The number of aryl methyl sites for hydroxylation is 1. The molecule has 0 radical (unpaired) electrons. The first-order valence-corrected chi connectivity index (χ1v) is 12.7. The Hall–Kier alpha value is -2.60. The van der Waals surface area contributed by atoms with Crippen LogP contribution in [0, 0.1) is 6.92 Å². The molecule has 0 bridgehead atoms. The molecule has 37 heavy (non-hydrogen) atoms. The molecule has 4 heterocycles. The number of likely N-dealkylation sites (tertiary alicyclic amines) is 1. The van der Waals surface area contributed by atoms with Crippen molar-refractivity contribution < 1.29 is 27.4 Å². The summed E-state index contributed by atoms with van der Waals surface area (Å²) in [7, 11) is 0. The molecule has 2 fully saturated rings. The number of aromatic nitrogens is 4. The second kappa shape index (κ2) is 10.3. The highest BCUT2D eigenvalue weighted by Gasteiger charge is 2.43. The van der Waals surface area contributed by atoms with Crippen molar-refractivity contribution in [3.05, 3.63) is 22.7 Å². The Morgan fingerprint density at radius 1 is 1.16 bits per heavy atom. The summed E-state index contributed by atoms with van der Waals surface area (Å²) in [6.45, 7) is 10.8. The summed E-state index contributed by atoms with van der Waals surface area (Å²) in [5, 5.41) is 4.18. The fraction of sp³-hybridized carbons (Fsp3) is 0.667. The van der Waals surface area contributed by atoms with Crippen molar-refractivity contribution in [2.45, 2.75) is 71.3 Å². The molecule has 2 aliphatic heterocycles. The SMILES string of the molecule is Cc1nn(C2CCN(C(=O)OC(C)(C)C)CC2)c(C(F)(F)F)c1-c1cc(N2CCOC[C@H]2C)nc(Cl)n1. The molecule has 1 amide bonds. The van der Waals surface area contributed by atoms with E-state index in [0.717, 1.165) is 4.68 Å². The third kappa shape index (κ3) is 6.11. The summed E-state index contributed by atoms with van der Waals surface area (Å²) in [5.41, 5.74) is -1.39. The molecule has 2 saturated heterocycles. The second-order valence-corrected chi connectivity index (χ2v) is 10.8. The molecule has 2 aromatic heterocycles. The topological polar surface area (TPSA) is 85.6 Å². The van der Waals surface area contributed by atoms with Crippen LogP contribution in [-0.2, 0) is 15.7 Å². The van der Waals surface area contributed by atoms with E-state index in [-0.39, 0.29) is 41.4 Å². The number of alkyl halides is 3. The lowest BCUT2D eigenvalue weighted by atomic mass is 10.0. The summed E-state index contributed by atoms with van der Waals surface area (Å²) >= 11 is 6.19. The summed E-state index contributed by atoms with van der Waals surface area (Å²) in [4.78, 5) is 24.3. The van der Waals surface area contributed by atoms with Gasteiger partial charge in [0.2, 0.25) is 5.28 Å². The van der Waals surface area contributed by atoms with Crippen molar-refractivity contribution in [1.29, 1.82) is 0 Å². The van der Waals surface area contributed by atoms with Crippen molar-refractivity contribution in [2.24, 2.45) is 0 Å². The molecule has 0 unspecified atom stereocenters. The lowest BCUT2D eigenvalue weighted by Crippen LogP contribution is -2.44. The molecule has 0 spiro atoms. The molecule has 204 valence electrons. The van der Waals surface area contributed by atoms with Gasteiger partial charge in [0.1, 0.15) is 11.4 Å². The number of rotatable bonds is 3. The van der Waals surface area contributed by atoms with Crippen molar-refractivity contribution in [3.63, 3.8) is 0 Å². The first-order chi connectivity index (χ1) is 17.2. The van der Waals surface area contributed by atoms with E-state index in [1.807, 2.05) is 11.8 Å². The first-order valence-electron chi connectivity index (χ1n) is 12.3. The molecule has 9 nitrogen and oxygen atoms in total. The molecule has 4 rings (SSSR count). The summed E-state index contributed by atoms with van der Waals surface area (Å²) in [6, 6.07) is 0.968. The Morgan fingerprint density at radius 3 is 2.43 bits per heavy atom. The van der Waals surface area contributed by atoms with E-state index in [4.69, 9.17) is 21.1 Å². The second-order valence-electron chi connectivity index (χ2n) is 10.4. The van der Waals surface area contributed by atoms with Crippen LogP contribution in [0.2, 0.25) is 5.28 Å². The highest BCUT2D eigenvalue weighted by molar-refractivity contribution is 6.28. The normalized spacial score (nSPS) is 19.9. The molecule has 2 aliphatic rings. The third-order valence-corrected chi connectivity index (χ3v) is 6.59. The Labute approximate surface area is 218 Å². The van der Waals surface area contributed by atoms with Crippen LogP contribution in [0.4, 0.5) is 23.8 Å². The number of anilines is 1. The number of amides is 1. The minimum Gasteiger partial charge on any atom is -0.444 e. The predicted molar refractivity (Wildman–Crippen MR) is 132 cm³/mol. The maximum Gasteiger partial charge on any atom is 0.433 e. The Morgan fingerprint density at radius 2 is 1.84 bits per heavy atom. The molecule has 1 atom stereocenters. The van der Waals surface area contributed by atoms with Crippen molar-refractivity contribution in [3.8, 4) is 11.3 Å². The average molecular weight is 545 g/mol. The molecule has 0 aliphatic carbocycles. The van der Waals surface area contributed by atoms with Crippen LogP contribution in [0.5, 0.6) is 0 Å².